The van der Waals surface area contributed by atoms with E-state index in [2.05, 4.69) is 46.5 Å². The van der Waals surface area contributed by atoms with Crippen molar-refractivity contribution < 1.29 is 0 Å². The fraction of sp³-hybridized carbons (Fsp3) is 0.375. The first-order chi connectivity index (χ1) is 9.29. The number of hydrogen-bond acceptors (Lipinski definition) is 3. The Kier molecular flexibility index (Phi) is 4.90. The summed E-state index contributed by atoms with van der Waals surface area (Å²) in [6.07, 6.45) is 8.42. The maximum Gasteiger partial charge on any atom is 0.151 e. The van der Waals surface area contributed by atoms with E-state index in [4.69, 9.17) is 0 Å². The highest BCUT2D eigenvalue weighted by Gasteiger charge is 2.00. The molecule has 0 unspecified atom stereocenters. The van der Waals surface area contributed by atoms with E-state index in [1.54, 1.807) is 12.4 Å². The van der Waals surface area contributed by atoms with Gasteiger partial charge in [0.15, 0.2) is 5.82 Å². The molecule has 0 aliphatic carbocycles. The predicted molar refractivity (Wildman–Crippen MR) is 79.7 cm³/mol. The predicted octanol–water partition coefficient (Wildman–Crippen LogP) is 4.26. The third-order valence-electron chi connectivity index (χ3n) is 3.17. The molecule has 0 aliphatic rings. The van der Waals surface area contributed by atoms with Gasteiger partial charge in [-0.1, -0.05) is 31.9 Å². The van der Waals surface area contributed by atoms with Crippen LogP contribution in [0.15, 0.2) is 36.7 Å². The second kappa shape index (κ2) is 6.88. The van der Waals surface area contributed by atoms with Crippen molar-refractivity contribution in [2.75, 3.05) is 5.32 Å². The SMILES string of the molecule is CCCCCc1ccc(Nc2nccnc2C)cc1. The highest BCUT2D eigenvalue weighted by molar-refractivity contribution is 5.57. The van der Waals surface area contributed by atoms with Crippen molar-refractivity contribution >= 4 is 11.5 Å². The Bertz CT molecular complexity index is 506. The first-order valence-electron chi connectivity index (χ1n) is 6.93. The van der Waals surface area contributed by atoms with Crippen LogP contribution >= 0.6 is 0 Å². The van der Waals surface area contributed by atoms with Crippen LogP contribution in [0.2, 0.25) is 0 Å². The number of aryl methyl sites for hydroxylation is 2. The molecule has 1 aromatic heterocycles. The highest BCUT2D eigenvalue weighted by atomic mass is 15.0. The second-order valence-electron chi connectivity index (χ2n) is 4.77. The first kappa shape index (κ1) is 13.5. The number of nitrogens with one attached hydrogen (secondary N) is 1. The van der Waals surface area contributed by atoms with Gasteiger partial charge in [0.25, 0.3) is 0 Å². The summed E-state index contributed by atoms with van der Waals surface area (Å²) in [5.41, 5.74) is 3.37. The lowest BCUT2D eigenvalue weighted by Crippen LogP contribution is -1.97. The van der Waals surface area contributed by atoms with E-state index >= 15 is 0 Å². The highest BCUT2D eigenvalue weighted by Crippen LogP contribution is 2.17. The van der Waals surface area contributed by atoms with Crippen LogP contribution in [-0.2, 0) is 6.42 Å². The number of benzene rings is 1. The summed E-state index contributed by atoms with van der Waals surface area (Å²) in [5.74, 6) is 0.821. The van der Waals surface area contributed by atoms with Crippen LogP contribution < -0.4 is 5.32 Å². The molecule has 3 nitrogen and oxygen atoms in total. The molecule has 1 aromatic carbocycles. The van der Waals surface area contributed by atoms with E-state index in [0.29, 0.717) is 0 Å². The Morgan fingerprint density at radius 2 is 1.74 bits per heavy atom. The van der Waals surface area contributed by atoms with E-state index < -0.39 is 0 Å². The molecule has 0 atom stereocenters. The summed E-state index contributed by atoms with van der Waals surface area (Å²) in [6, 6.07) is 8.58. The van der Waals surface area contributed by atoms with E-state index in [1.165, 1.54) is 24.8 Å². The minimum Gasteiger partial charge on any atom is -0.339 e. The monoisotopic (exact) mass is 255 g/mol. The molecule has 0 radical (unpaired) electrons. The average molecular weight is 255 g/mol. The third kappa shape index (κ3) is 4.05. The number of hydrogen-bond donors (Lipinski definition) is 1. The lowest BCUT2D eigenvalue weighted by Gasteiger charge is -2.08. The van der Waals surface area contributed by atoms with Gasteiger partial charge < -0.3 is 5.32 Å². The van der Waals surface area contributed by atoms with Crippen LogP contribution in [0, 0.1) is 6.92 Å². The van der Waals surface area contributed by atoms with Crippen molar-refractivity contribution in [1.29, 1.82) is 0 Å². The topological polar surface area (TPSA) is 37.8 Å². The van der Waals surface area contributed by atoms with Crippen molar-refractivity contribution in [2.24, 2.45) is 0 Å². The summed E-state index contributed by atoms with van der Waals surface area (Å²) in [5, 5.41) is 3.29. The van der Waals surface area contributed by atoms with Gasteiger partial charge in [-0.25, -0.2) is 4.98 Å². The molecule has 0 saturated carbocycles. The summed E-state index contributed by atoms with van der Waals surface area (Å²) in [7, 11) is 0. The summed E-state index contributed by atoms with van der Waals surface area (Å²) in [4.78, 5) is 8.50. The molecule has 0 bridgehead atoms. The number of nitrogens with zero attached hydrogens (tertiary/aromatic N) is 2. The third-order valence-corrected chi connectivity index (χ3v) is 3.17. The van der Waals surface area contributed by atoms with Crippen LogP contribution in [-0.4, -0.2) is 9.97 Å². The van der Waals surface area contributed by atoms with Gasteiger partial charge in [0.2, 0.25) is 0 Å². The van der Waals surface area contributed by atoms with Crippen LogP contribution in [0.25, 0.3) is 0 Å². The molecule has 0 spiro atoms. The number of anilines is 2. The lowest BCUT2D eigenvalue weighted by atomic mass is 10.1. The molecule has 2 aromatic rings. The van der Waals surface area contributed by atoms with Gasteiger partial charge in [0.05, 0.1) is 5.69 Å². The van der Waals surface area contributed by atoms with E-state index in [0.717, 1.165) is 23.6 Å². The molecule has 19 heavy (non-hydrogen) atoms. The zero-order valence-corrected chi connectivity index (χ0v) is 11.7. The summed E-state index contributed by atoms with van der Waals surface area (Å²) >= 11 is 0. The molecule has 3 heteroatoms. The molecule has 100 valence electrons. The van der Waals surface area contributed by atoms with Gasteiger partial charge in [0, 0.05) is 18.1 Å². The second-order valence-corrected chi connectivity index (χ2v) is 4.77. The average Bonchev–Trinajstić information content (AvgIpc) is 2.44. The van der Waals surface area contributed by atoms with Crippen molar-refractivity contribution in [2.45, 2.75) is 39.5 Å². The van der Waals surface area contributed by atoms with Crippen LogP contribution in [0.3, 0.4) is 0 Å². The van der Waals surface area contributed by atoms with Crippen molar-refractivity contribution in [3.8, 4) is 0 Å². The van der Waals surface area contributed by atoms with Gasteiger partial charge in [-0.15, -0.1) is 0 Å². The molecule has 2 rings (SSSR count). The fourth-order valence-corrected chi connectivity index (χ4v) is 2.00. The smallest absolute Gasteiger partial charge is 0.151 e. The summed E-state index contributed by atoms with van der Waals surface area (Å²) < 4.78 is 0. The molecule has 1 N–H and O–H groups in total. The Balaban J connectivity index is 1.97. The van der Waals surface area contributed by atoms with Crippen LogP contribution in [0.4, 0.5) is 11.5 Å². The molecule has 0 saturated heterocycles. The Hall–Kier alpha value is -1.90. The van der Waals surface area contributed by atoms with Crippen LogP contribution in [0.5, 0.6) is 0 Å². The number of unbranched alkanes of at least 4 members (excludes halogenated alkanes) is 2. The van der Waals surface area contributed by atoms with E-state index in [1.807, 2.05) is 6.92 Å². The van der Waals surface area contributed by atoms with Gasteiger partial charge >= 0.3 is 0 Å². The molecular formula is C16H21N3. The minimum absolute atomic E-state index is 0.821. The van der Waals surface area contributed by atoms with Gasteiger partial charge in [-0.3, -0.25) is 4.98 Å². The maximum absolute atomic E-state index is 4.28. The number of aromatic nitrogens is 2. The Morgan fingerprint density at radius 1 is 1.00 bits per heavy atom. The Labute approximate surface area is 115 Å². The number of rotatable bonds is 6. The van der Waals surface area contributed by atoms with Gasteiger partial charge in [0.1, 0.15) is 0 Å². The van der Waals surface area contributed by atoms with Gasteiger partial charge in [-0.05, 0) is 37.5 Å². The molecule has 1 heterocycles. The van der Waals surface area contributed by atoms with E-state index in [9.17, 15) is 0 Å². The molecule has 0 fully saturated rings. The summed E-state index contributed by atoms with van der Waals surface area (Å²) in [6.45, 7) is 4.19. The van der Waals surface area contributed by atoms with Gasteiger partial charge in [-0.2, -0.15) is 0 Å². The van der Waals surface area contributed by atoms with Crippen molar-refractivity contribution in [1.82, 2.24) is 9.97 Å². The fourth-order valence-electron chi connectivity index (χ4n) is 2.00. The molecular weight excluding hydrogens is 234 g/mol. The van der Waals surface area contributed by atoms with Crippen molar-refractivity contribution in [3.63, 3.8) is 0 Å². The standard InChI is InChI=1S/C16H21N3/c1-3-4-5-6-14-7-9-15(10-8-14)19-16-13(2)17-11-12-18-16/h7-12H,3-6H2,1-2H3,(H,18,19). The van der Waals surface area contributed by atoms with Crippen molar-refractivity contribution in [3.05, 3.63) is 47.9 Å². The normalized spacial score (nSPS) is 10.4. The molecule has 0 aliphatic heterocycles. The zero-order chi connectivity index (χ0) is 13.5. The van der Waals surface area contributed by atoms with E-state index in [-0.39, 0.29) is 0 Å². The minimum atomic E-state index is 0.821. The first-order valence-corrected chi connectivity index (χ1v) is 6.93. The zero-order valence-electron chi connectivity index (χ0n) is 11.7. The Morgan fingerprint density at radius 3 is 2.42 bits per heavy atom. The quantitative estimate of drug-likeness (QED) is 0.784. The lowest BCUT2D eigenvalue weighted by molar-refractivity contribution is 0.717. The largest absolute Gasteiger partial charge is 0.339 e. The molecule has 0 amide bonds. The maximum atomic E-state index is 4.28. The van der Waals surface area contributed by atoms with Crippen LogP contribution in [0.1, 0.15) is 37.4 Å².